The number of aromatic amines is 1. The van der Waals surface area contributed by atoms with Crippen molar-refractivity contribution in [2.45, 2.75) is 25.4 Å². The third-order valence-corrected chi connectivity index (χ3v) is 2.60. The number of aliphatic hydroxyl groups excluding tert-OH is 1. The Morgan fingerprint density at radius 3 is 2.76 bits per heavy atom. The molecule has 7 heteroatoms. The molecule has 92 valence electrons. The van der Waals surface area contributed by atoms with Crippen molar-refractivity contribution in [1.29, 1.82) is 0 Å². The molecule has 0 radical (unpaired) electrons. The van der Waals surface area contributed by atoms with Crippen molar-refractivity contribution in [3.05, 3.63) is 44.9 Å². The van der Waals surface area contributed by atoms with Gasteiger partial charge in [0.25, 0.3) is 5.56 Å². The van der Waals surface area contributed by atoms with Crippen LogP contribution in [0, 0.1) is 6.92 Å². The molecule has 2 heterocycles. The van der Waals surface area contributed by atoms with Gasteiger partial charge in [0.2, 0.25) is 6.23 Å². The molecule has 2 rings (SSSR count). The highest BCUT2D eigenvalue weighted by Gasteiger charge is 2.42. The quantitative estimate of drug-likeness (QED) is 0.701. The summed E-state index contributed by atoms with van der Waals surface area (Å²) in [5.41, 5.74) is -1.10. The van der Waals surface area contributed by atoms with E-state index in [4.69, 9.17) is 4.74 Å². The van der Waals surface area contributed by atoms with Crippen LogP contribution in [-0.2, 0) is 4.74 Å². The first-order valence-corrected chi connectivity index (χ1v) is 4.91. The minimum Gasteiger partial charge on any atom is -0.469 e. The molecule has 3 atom stereocenters. The Kier molecular flexibility index (Phi) is 2.62. The predicted molar refractivity (Wildman–Crippen MR) is 56.2 cm³/mol. The molecular weight excluding hydrogens is 231 g/mol. The molecule has 1 aliphatic rings. The number of hydrogen-bond donors (Lipinski definition) is 2. The number of rotatable bonds is 1. The zero-order valence-electron chi connectivity index (χ0n) is 9.01. The number of hydrogen-bond acceptors (Lipinski definition) is 4. The maximum atomic E-state index is 13.6. The van der Waals surface area contributed by atoms with Crippen LogP contribution in [0.15, 0.2) is 28.1 Å². The molecule has 17 heavy (non-hydrogen) atoms. The summed E-state index contributed by atoms with van der Waals surface area (Å²) in [4.78, 5) is 24.7. The van der Waals surface area contributed by atoms with E-state index in [2.05, 4.69) is 6.58 Å². The van der Waals surface area contributed by atoms with Crippen molar-refractivity contribution in [1.82, 2.24) is 9.55 Å². The number of aryl methyl sites for hydroxylation is 1. The number of aliphatic hydroxyl groups is 1. The standard InChI is InChI=1S/C10H11FN2O4/c1-4-3-13(10(16)12-8(4)15)9-6(11)7(14)5(2)17-9/h3,6-7,9,14H,2H2,1H3,(H,12,15,16)/t6-,7+,9+/m0/s1. The van der Waals surface area contributed by atoms with E-state index in [1.165, 1.54) is 13.1 Å². The van der Waals surface area contributed by atoms with Crippen LogP contribution in [0.25, 0.3) is 0 Å². The minimum atomic E-state index is -1.80. The van der Waals surface area contributed by atoms with E-state index in [0.29, 0.717) is 0 Å². The van der Waals surface area contributed by atoms with Crippen LogP contribution in [0.3, 0.4) is 0 Å². The summed E-state index contributed by atoms with van der Waals surface area (Å²) in [5, 5.41) is 9.33. The molecule has 1 aliphatic heterocycles. The van der Waals surface area contributed by atoms with Gasteiger partial charge < -0.3 is 9.84 Å². The first-order valence-electron chi connectivity index (χ1n) is 4.91. The normalized spacial score (nSPS) is 28.2. The third kappa shape index (κ3) is 1.78. The topological polar surface area (TPSA) is 84.3 Å². The molecule has 1 fully saturated rings. The number of H-pyrrole nitrogens is 1. The molecule has 1 aromatic rings. The molecule has 0 amide bonds. The van der Waals surface area contributed by atoms with Gasteiger partial charge in [-0.3, -0.25) is 14.3 Å². The minimum absolute atomic E-state index is 0.141. The molecule has 0 saturated carbocycles. The fourth-order valence-corrected chi connectivity index (χ4v) is 1.61. The molecule has 0 unspecified atom stereocenters. The molecule has 1 saturated heterocycles. The van der Waals surface area contributed by atoms with E-state index >= 15 is 0 Å². The first-order chi connectivity index (χ1) is 7.91. The Labute approximate surface area is 95.0 Å². The highest BCUT2D eigenvalue weighted by molar-refractivity contribution is 5.08. The second-order valence-corrected chi connectivity index (χ2v) is 3.84. The molecule has 1 aromatic heterocycles. The van der Waals surface area contributed by atoms with Crippen LogP contribution in [-0.4, -0.2) is 26.9 Å². The number of ether oxygens (including phenoxy) is 1. The van der Waals surface area contributed by atoms with Crippen LogP contribution in [0.2, 0.25) is 0 Å². The summed E-state index contributed by atoms with van der Waals surface area (Å²) in [6, 6.07) is 0. The predicted octanol–water partition coefficient (Wildman–Crippen LogP) is -0.413. The average molecular weight is 242 g/mol. The van der Waals surface area contributed by atoms with Crippen molar-refractivity contribution in [2.75, 3.05) is 0 Å². The van der Waals surface area contributed by atoms with E-state index in [1.54, 1.807) is 0 Å². The van der Waals surface area contributed by atoms with Gasteiger partial charge in [0.1, 0.15) is 11.9 Å². The first kappa shape index (κ1) is 11.6. The largest absolute Gasteiger partial charge is 0.469 e. The van der Waals surface area contributed by atoms with Gasteiger partial charge in [-0.05, 0) is 6.92 Å². The lowest BCUT2D eigenvalue weighted by Gasteiger charge is -2.15. The van der Waals surface area contributed by atoms with Gasteiger partial charge in [0.15, 0.2) is 6.17 Å². The maximum Gasteiger partial charge on any atom is 0.331 e. The van der Waals surface area contributed by atoms with E-state index in [0.717, 1.165) is 4.57 Å². The summed E-state index contributed by atoms with van der Waals surface area (Å²) >= 11 is 0. The highest BCUT2D eigenvalue weighted by Crippen LogP contribution is 2.32. The van der Waals surface area contributed by atoms with Crippen LogP contribution in [0.4, 0.5) is 4.39 Å². The number of aromatic nitrogens is 2. The lowest BCUT2D eigenvalue weighted by molar-refractivity contribution is 0.0340. The van der Waals surface area contributed by atoms with Gasteiger partial charge in [0.05, 0.1) is 0 Å². The fourth-order valence-electron chi connectivity index (χ4n) is 1.61. The van der Waals surface area contributed by atoms with Crippen LogP contribution in [0.5, 0.6) is 0 Å². The number of alkyl halides is 1. The lowest BCUT2D eigenvalue weighted by atomic mass is 10.2. The van der Waals surface area contributed by atoms with Crippen molar-refractivity contribution in [3.63, 3.8) is 0 Å². The lowest BCUT2D eigenvalue weighted by Crippen LogP contribution is -2.36. The van der Waals surface area contributed by atoms with Gasteiger partial charge in [-0.2, -0.15) is 0 Å². The van der Waals surface area contributed by atoms with Gasteiger partial charge in [-0.1, -0.05) is 6.58 Å². The molecule has 0 aromatic carbocycles. The Balaban J connectivity index is 2.49. The van der Waals surface area contributed by atoms with Crippen LogP contribution >= 0.6 is 0 Å². The maximum absolute atomic E-state index is 13.6. The highest BCUT2D eigenvalue weighted by atomic mass is 19.1. The Hall–Kier alpha value is -1.89. The Morgan fingerprint density at radius 2 is 2.24 bits per heavy atom. The summed E-state index contributed by atoms with van der Waals surface area (Å²) in [6.45, 7) is 4.81. The van der Waals surface area contributed by atoms with Gasteiger partial charge in [-0.25, -0.2) is 9.18 Å². The molecule has 0 aliphatic carbocycles. The second-order valence-electron chi connectivity index (χ2n) is 3.84. The summed E-state index contributed by atoms with van der Waals surface area (Å²) < 4.78 is 19.5. The van der Waals surface area contributed by atoms with Crippen molar-refractivity contribution in [3.8, 4) is 0 Å². The van der Waals surface area contributed by atoms with Crippen molar-refractivity contribution >= 4 is 0 Å². The Bertz CT molecular complexity index is 576. The van der Waals surface area contributed by atoms with Gasteiger partial charge in [-0.15, -0.1) is 0 Å². The smallest absolute Gasteiger partial charge is 0.331 e. The van der Waals surface area contributed by atoms with Crippen LogP contribution < -0.4 is 11.2 Å². The van der Waals surface area contributed by atoms with Crippen LogP contribution in [0.1, 0.15) is 11.8 Å². The van der Waals surface area contributed by atoms with Gasteiger partial charge >= 0.3 is 5.69 Å². The van der Waals surface area contributed by atoms with E-state index in [-0.39, 0.29) is 11.3 Å². The number of nitrogens with zero attached hydrogens (tertiary/aromatic N) is 1. The zero-order chi connectivity index (χ0) is 12.7. The molecule has 0 bridgehead atoms. The molecule has 2 N–H and O–H groups in total. The molecule has 6 nitrogen and oxygen atoms in total. The summed E-state index contributed by atoms with van der Waals surface area (Å²) in [7, 11) is 0. The average Bonchev–Trinajstić information content (AvgIpc) is 2.51. The molecule has 0 spiro atoms. The Morgan fingerprint density at radius 1 is 1.59 bits per heavy atom. The third-order valence-electron chi connectivity index (χ3n) is 2.60. The summed E-state index contributed by atoms with van der Waals surface area (Å²) in [5.74, 6) is -0.141. The van der Waals surface area contributed by atoms with Gasteiger partial charge in [0, 0.05) is 11.8 Å². The summed E-state index contributed by atoms with van der Waals surface area (Å²) in [6.07, 6.45) is -3.39. The monoisotopic (exact) mass is 242 g/mol. The van der Waals surface area contributed by atoms with E-state index in [9.17, 15) is 19.1 Å². The van der Waals surface area contributed by atoms with E-state index < -0.39 is 29.8 Å². The number of nitrogens with one attached hydrogen (secondary N) is 1. The number of halogens is 1. The van der Waals surface area contributed by atoms with E-state index in [1.807, 2.05) is 4.98 Å². The zero-order valence-corrected chi connectivity index (χ0v) is 9.01. The van der Waals surface area contributed by atoms with Crippen molar-refractivity contribution < 1.29 is 14.2 Å². The second kappa shape index (κ2) is 3.85. The molecular formula is C10H11FN2O4. The SMILES string of the molecule is C=C1O[C@@H](n2cc(C)c(=O)[nH]c2=O)[C@@H](F)[C@@H]1O. The fraction of sp³-hybridized carbons (Fsp3) is 0.400. The van der Waals surface area contributed by atoms with Crippen molar-refractivity contribution in [2.24, 2.45) is 0 Å².